The molecule has 6 aromatic rings. The molecule has 162 valence electrons. The minimum atomic E-state index is -0.401. The highest BCUT2D eigenvalue weighted by molar-refractivity contribution is 6.63. The third-order valence-electron chi connectivity index (χ3n) is 7.77. The molecule has 0 fully saturated rings. The number of hydrogen-bond donors (Lipinski definition) is 0. The van der Waals surface area contributed by atoms with Crippen LogP contribution in [0.25, 0.3) is 54.2 Å². The maximum Gasteiger partial charge on any atom is 0.234 e. The zero-order chi connectivity index (χ0) is 23.3. The maximum absolute atomic E-state index is 13.2. The van der Waals surface area contributed by atoms with E-state index in [9.17, 15) is 9.59 Å². The van der Waals surface area contributed by atoms with Crippen LogP contribution < -0.4 is 0 Å². The number of rotatable bonds is 0. The van der Waals surface area contributed by atoms with Gasteiger partial charge in [-0.1, -0.05) is 66.7 Å². The number of hydrogen-bond acceptors (Lipinski definition) is 2. The predicted octanol–water partition coefficient (Wildman–Crippen LogP) is 7.53. The van der Waals surface area contributed by atoms with E-state index in [1.165, 1.54) is 26.9 Å². The maximum atomic E-state index is 13.2. The van der Waals surface area contributed by atoms with Gasteiger partial charge in [-0.05, 0) is 102 Å². The van der Waals surface area contributed by atoms with Crippen LogP contribution in [0.2, 0.25) is 0 Å². The van der Waals surface area contributed by atoms with E-state index in [1.54, 1.807) is 0 Å². The summed E-state index contributed by atoms with van der Waals surface area (Å²) in [5.41, 5.74) is 5.06. The molecule has 0 saturated heterocycles. The van der Waals surface area contributed by atoms with Crippen molar-refractivity contribution in [1.82, 2.24) is 0 Å². The fourth-order valence-electron chi connectivity index (χ4n) is 6.16. The first-order valence-corrected chi connectivity index (χ1v) is 11.9. The van der Waals surface area contributed by atoms with Gasteiger partial charge in [0.1, 0.15) is 0 Å². The van der Waals surface area contributed by atoms with Gasteiger partial charge < -0.3 is 0 Å². The zero-order valence-electron chi connectivity index (χ0n) is 18.8. The van der Waals surface area contributed by atoms with Crippen molar-refractivity contribution in [3.8, 4) is 0 Å². The Balaban J connectivity index is 1.46. The number of Topliss-reactive ketones (excluding diaryl/α,β-unsaturated/α-hetero) is 2. The second kappa shape index (κ2) is 6.52. The Morgan fingerprint density at radius 2 is 1.17 bits per heavy atom. The van der Waals surface area contributed by atoms with Gasteiger partial charge in [-0.25, -0.2) is 0 Å². The summed E-state index contributed by atoms with van der Waals surface area (Å²) in [5.74, 6) is -0.780. The van der Waals surface area contributed by atoms with Crippen LogP contribution in [0.4, 0.5) is 0 Å². The number of carbonyl (C=O) groups excluding carboxylic acids is 2. The van der Waals surface area contributed by atoms with Crippen LogP contribution in [0, 0.1) is 0 Å². The highest BCUT2D eigenvalue weighted by Crippen LogP contribution is 2.46. The van der Waals surface area contributed by atoms with Gasteiger partial charge in [0, 0.05) is 11.1 Å². The van der Waals surface area contributed by atoms with Crippen LogP contribution in [0.1, 0.15) is 27.0 Å². The molecule has 0 aliphatic heterocycles. The number of benzene rings is 6. The average molecular weight is 447 g/mol. The number of allylic oxidation sites excluding steroid dienone is 2. The fourth-order valence-corrected chi connectivity index (χ4v) is 6.16. The molecular weight excluding hydrogens is 428 g/mol. The van der Waals surface area contributed by atoms with Gasteiger partial charge >= 0.3 is 0 Å². The molecule has 2 aliphatic rings. The van der Waals surface area contributed by atoms with Crippen molar-refractivity contribution in [1.29, 1.82) is 0 Å². The normalized spacial score (nSPS) is 14.7. The van der Waals surface area contributed by atoms with E-state index >= 15 is 0 Å². The Morgan fingerprint density at radius 1 is 0.486 bits per heavy atom. The number of ketones is 2. The molecule has 2 heteroatoms. The number of carbonyl (C=O) groups is 2. The molecule has 0 N–H and O–H groups in total. The molecule has 0 atom stereocenters. The molecule has 0 aromatic heterocycles. The van der Waals surface area contributed by atoms with E-state index in [4.69, 9.17) is 0 Å². The first kappa shape index (κ1) is 18.8. The smallest absolute Gasteiger partial charge is 0.234 e. The Morgan fingerprint density at radius 3 is 2.00 bits per heavy atom. The third-order valence-corrected chi connectivity index (χ3v) is 7.77. The summed E-state index contributed by atoms with van der Waals surface area (Å²) in [6.45, 7) is 0. The van der Waals surface area contributed by atoms with Gasteiger partial charge in [0.25, 0.3) is 0 Å². The minimum absolute atomic E-state index is 0.379. The standard InChI is InChI=1S/C33H18O2/c34-32-27-12-11-25-26(30(27)29-16-20-7-3-4-8-24(20)31(29)33(32)35)10-9-21-15-22-13-18-5-1-2-6-19(18)14-23(22)17-28(21)25/h1-15,17H,16H2. The van der Waals surface area contributed by atoms with E-state index in [-0.39, 0.29) is 5.78 Å². The summed E-state index contributed by atoms with van der Waals surface area (Å²) in [4.78, 5) is 26.3. The molecule has 2 aliphatic carbocycles. The lowest BCUT2D eigenvalue weighted by atomic mass is 9.80. The summed E-state index contributed by atoms with van der Waals surface area (Å²) < 4.78 is 0. The summed E-state index contributed by atoms with van der Waals surface area (Å²) in [5, 5.41) is 9.35. The largest absolute Gasteiger partial charge is 0.285 e. The highest BCUT2D eigenvalue weighted by Gasteiger charge is 2.38. The molecule has 0 spiro atoms. The number of fused-ring (bicyclic) bond motifs is 10. The molecule has 35 heavy (non-hydrogen) atoms. The van der Waals surface area contributed by atoms with Gasteiger partial charge in [0.05, 0.1) is 0 Å². The summed E-state index contributed by atoms with van der Waals surface area (Å²) in [6, 6.07) is 33.5. The Hall–Kier alpha value is -4.56. The van der Waals surface area contributed by atoms with Gasteiger partial charge in [0.15, 0.2) is 0 Å². The molecular formula is C33H18O2. The monoisotopic (exact) mass is 446 g/mol. The van der Waals surface area contributed by atoms with Gasteiger partial charge in [-0.2, -0.15) is 0 Å². The summed E-state index contributed by atoms with van der Waals surface area (Å²) >= 11 is 0. The lowest BCUT2D eigenvalue weighted by molar-refractivity contribution is -0.110. The molecule has 6 aromatic carbocycles. The average Bonchev–Trinajstić information content (AvgIpc) is 3.28. The van der Waals surface area contributed by atoms with Gasteiger partial charge in [0.2, 0.25) is 11.6 Å². The van der Waals surface area contributed by atoms with Crippen LogP contribution in [0.5, 0.6) is 0 Å². The quantitative estimate of drug-likeness (QED) is 0.137. The first-order chi connectivity index (χ1) is 17.2. The molecule has 0 heterocycles. The lowest BCUT2D eigenvalue weighted by Gasteiger charge is -2.20. The Labute approximate surface area is 201 Å². The van der Waals surface area contributed by atoms with Crippen LogP contribution in [-0.2, 0) is 11.2 Å². The van der Waals surface area contributed by atoms with E-state index < -0.39 is 5.78 Å². The highest BCUT2D eigenvalue weighted by atomic mass is 16.2. The lowest BCUT2D eigenvalue weighted by Crippen LogP contribution is -2.22. The van der Waals surface area contributed by atoms with Crippen molar-refractivity contribution in [2.75, 3.05) is 0 Å². The summed E-state index contributed by atoms with van der Waals surface area (Å²) in [6.07, 6.45) is 0.679. The third kappa shape index (κ3) is 2.43. The van der Waals surface area contributed by atoms with Crippen LogP contribution in [0.15, 0.2) is 97.1 Å². The molecule has 2 nitrogen and oxygen atoms in total. The fraction of sp³-hybridized carbons (Fsp3) is 0.0303. The van der Waals surface area contributed by atoms with Gasteiger partial charge in [-0.3, -0.25) is 9.59 Å². The van der Waals surface area contributed by atoms with Crippen molar-refractivity contribution < 1.29 is 9.59 Å². The topological polar surface area (TPSA) is 34.1 Å². The summed E-state index contributed by atoms with van der Waals surface area (Å²) in [7, 11) is 0. The second-order valence-electron chi connectivity index (χ2n) is 9.61. The van der Waals surface area contributed by atoms with Crippen molar-refractivity contribution in [2.45, 2.75) is 6.42 Å². The van der Waals surface area contributed by atoms with E-state index in [0.717, 1.165) is 38.4 Å². The molecule has 0 saturated carbocycles. The van der Waals surface area contributed by atoms with Crippen molar-refractivity contribution in [3.63, 3.8) is 0 Å². The van der Waals surface area contributed by atoms with Crippen molar-refractivity contribution in [3.05, 3.63) is 119 Å². The minimum Gasteiger partial charge on any atom is -0.285 e. The second-order valence-corrected chi connectivity index (χ2v) is 9.61. The van der Waals surface area contributed by atoms with Crippen LogP contribution in [0.3, 0.4) is 0 Å². The van der Waals surface area contributed by atoms with Crippen molar-refractivity contribution in [2.24, 2.45) is 0 Å². The van der Waals surface area contributed by atoms with E-state index in [2.05, 4.69) is 66.7 Å². The van der Waals surface area contributed by atoms with E-state index in [0.29, 0.717) is 17.6 Å². The Bertz CT molecular complexity index is 2010. The Kier molecular flexibility index (Phi) is 3.51. The first-order valence-electron chi connectivity index (χ1n) is 11.9. The molecule has 8 rings (SSSR count). The molecule has 0 amide bonds. The van der Waals surface area contributed by atoms with E-state index in [1.807, 2.05) is 30.3 Å². The van der Waals surface area contributed by atoms with Crippen molar-refractivity contribution >= 4 is 65.8 Å². The molecule has 0 radical (unpaired) electrons. The molecule has 0 bridgehead atoms. The molecule has 0 unspecified atom stereocenters. The zero-order valence-corrected chi connectivity index (χ0v) is 18.8. The van der Waals surface area contributed by atoms with Crippen LogP contribution in [-0.4, -0.2) is 11.6 Å². The van der Waals surface area contributed by atoms with Gasteiger partial charge in [-0.15, -0.1) is 0 Å². The van der Waals surface area contributed by atoms with Crippen LogP contribution >= 0.6 is 0 Å². The SMILES string of the molecule is O=C1C(=O)c2ccc3c(ccc4cc5cc6ccccc6cc5cc43)c2C2=C1c1ccccc1C2. The predicted molar refractivity (Wildman–Crippen MR) is 143 cm³/mol.